The average molecular weight is 370 g/mol. The molecule has 0 aliphatic heterocycles. The van der Waals surface area contributed by atoms with Gasteiger partial charge in [-0.2, -0.15) is 0 Å². The van der Waals surface area contributed by atoms with Crippen LogP contribution in [0, 0.1) is 11.7 Å². The minimum absolute atomic E-state index is 0.104. The van der Waals surface area contributed by atoms with Gasteiger partial charge in [-0.25, -0.2) is 4.39 Å². The fourth-order valence-corrected chi connectivity index (χ4v) is 2.83. The Labute approximate surface area is 155 Å². The van der Waals surface area contributed by atoms with E-state index >= 15 is 0 Å². The lowest BCUT2D eigenvalue weighted by molar-refractivity contribution is -0.139. The molecule has 2 atom stereocenters. The van der Waals surface area contributed by atoms with Crippen molar-refractivity contribution in [3.05, 3.63) is 65.5 Å². The van der Waals surface area contributed by atoms with E-state index < -0.39 is 11.9 Å². The molecule has 0 aromatic heterocycles. The van der Waals surface area contributed by atoms with Crippen LogP contribution in [0.25, 0.3) is 0 Å². The van der Waals surface area contributed by atoms with Gasteiger partial charge in [0.25, 0.3) is 5.91 Å². The van der Waals surface area contributed by atoms with Gasteiger partial charge >= 0.3 is 5.97 Å². The maximum absolute atomic E-state index is 13.0. The minimum atomic E-state index is -0.535. The zero-order valence-electron chi connectivity index (χ0n) is 14.7. The van der Waals surface area contributed by atoms with Crippen LogP contribution in [0.3, 0.4) is 0 Å². The molecule has 1 fully saturated rings. The van der Waals surface area contributed by atoms with Gasteiger partial charge in [0.05, 0.1) is 7.11 Å². The molecule has 2 aromatic rings. The topological polar surface area (TPSA) is 84.5 Å². The average Bonchev–Trinajstić information content (AvgIpc) is 3.48. The first-order valence-corrected chi connectivity index (χ1v) is 8.49. The lowest BCUT2D eigenvalue weighted by Crippen LogP contribution is -2.30. The summed E-state index contributed by atoms with van der Waals surface area (Å²) in [6, 6.07) is 12.6. The van der Waals surface area contributed by atoms with E-state index in [1.165, 1.54) is 19.2 Å². The normalized spacial score (nSPS) is 17.7. The Morgan fingerprint density at radius 1 is 1.07 bits per heavy atom. The molecular weight excluding hydrogens is 351 g/mol. The highest BCUT2D eigenvalue weighted by molar-refractivity contribution is 5.98. The number of esters is 1. The van der Waals surface area contributed by atoms with Gasteiger partial charge in [-0.3, -0.25) is 14.4 Å². The van der Waals surface area contributed by atoms with Crippen LogP contribution in [0.5, 0.6) is 0 Å². The van der Waals surface area contributed by atoms with Crippen molar-refractivity contribution >= 4 is 23.5 Å². The second-order valence-corrected chi connectivity index (χ2v) is 6.33. The van der Waals surface area contributed by atoms with Crippen molar-refractivity contribution in [1.82, 2.24) is 5.32 Å². The molecule has 0 spiro atoms. The van der Waals surface area contributed by atoms with Crippen LogP contribution in [0.1, 0.15) is 28.3 Å². The number of carbonyl (C=O) groups is 3. The molecule has 0 bridgehead atoms. The molecule has 0 saturated heterocycles. The predicted octanol–water partition coefficient (Wildman–Crippen LogP) is 2.47. The van der Waals surface area contributed by atoms with Crippen molar-refractivity contribution in [3.8, 4) is 0 Å². The van der Waals surface area contributed by atoms with Crippen molar-refractivity contribution in [2.24, 2.45) is 5.92 Å². The van der Waals surface area contributed by atoms with Crippen molar-refractivity contribution in [1.29, 1.82) is 0 Å². The maximum atomic E-state index is 13.0. The molecule has 0 unspecified atom stereocenters. The SMILES string of the molecule is COC(=O)CNC(=O)c1ccc(NC(=O)[C@@H]2C[C@H]2c2ccc(F)cc2)cc1. The van der Waals surface area contributed by atoms with Crippen LogP contribution in [0.2, 0.25) is 0 Å². The molecule has 2 aromatic carbocycles. The largest absolute Gasteiger partial charge is 0.468 e. The standard InChI is InChI=1S/C20H19FN2O4/c1-27-18(24)11-22-19(25)13-4-8-15(9-5-13)23-20(26)17-10-16(17)12-2-6-14(21)7-3-12/h2-9,16-17H,10-11H2,1H3,(H,22,25)(H,23,26)/t16-,17+/m0/s1. The fraction of sp³-hybridized carbons (Fsp3) is 0.250. The van der Waals surface area contributed by atoms with Gasteiger partial charge in [-0.05, 0) is 54.3 Å². The first kappa shape index (κ1) is 18.6. The summed E-state index contributed by atoms with van der Waals surface area (Å²) in [5, 5.41) is 5.26. The summed E-state index contributed by atoms with van der Waals surface area (Å²) >= 11 is 0. The van der Waals surface area contributed by atoms with Crippen LogP contribution >= 0.6 is 0 Å². The molecule has 1 aliphatic carbocycles. The third-order valence-electron chi connectivity index (χ3n) is 4.46. The van der Waals surface area contributed by atoms with E-state index in [9.17, 15) is 18.8 Å². The molecule has 1 saturated carbocycles. The van der Waals surface area contributed by atoms with Gasteiger partial charge in [0, 0.05) is 17.2 Å². The van der Waals surface area contributed by atoms with E-state index in [4.69, 9.17) is 0 Å². The summed E-state index contributed by atoms with van der Waals surface area (Å²) in [6.07, 6.45) is 0.728. The molecule has 0 heterocycles. The van der Waals surface area contributed by atoms with Crippen LogP contribution in [-0.4, -0.2) is 31.4 Å². The number of anilines is 1. The molecule has 7 heteroatoms. The van der Waals surface area contributed by atoms with Crippen molar-refractivity contribution in [2.75, 3.05) is 19.0 Å². The number of hydrogen-bond donors (Lipinski definition) is 2. The van der Waals surface area contributed by atoms with E-state index in [0.29, 0.717) is 11.3 Å². The van der Waals surface area contributed by atoms with Crippen molar-refractivity contribution < 1.29 is 23.5 Å². The molecule has 6 nitrogen and oxygen atoms in total. The second kappa shape index (κ2) is 7.99. The number of hydrogen-bond acceptors (Lipinski definition) is 4. The summed E-state index contributed by atoms with van der Waals surface area (Å²) in [5.74, 6) is -1.37. The summed E-state index contributed by atoms with van der Waals surface area (Å²) in [6.45, 7) is -0.208. The monoisotopic (exact) mass is 370 g/mol. The van der Waals surface area contributed by atoms with Crippen LogP contribution in [-0.2, 0) is 14.3 Å². The number of carbonyl (C=O) groups excluding carboxylic acids is 3. The van der Waals surface area contributed by atoms with Gasteiger partial charge in [-0.15, -0.1) is 0 Å². The molecule has 1 aliphatic rings. The van der Waals surface area contributed by atoms with Gasteiger partial charge in [-0.1, -0.05) is 12.1 Å². The third kappa shape index (κ3) is 4.69. The van der Waals surface area contributed by atoms with Gasteiger partial charge in [0.2, 0.25) is 5.91 Å². The van der Waals surface area contributed by atoms with E-state index in [1.54, 1.807) is 36.4 Å². The summed E-state index contributed by atoms with van der Waals surface area (Å²) < 4.78 is 17.4. The van der Waals surface area contributed by atoms with Gasteiger partial charge in [0.1, 0.15) is 12.4 Å². The lowest BCUT2D eigenvalue weighted by atomic mass is 10.1. The highest BCUT2D eigenvalue weighted by Crippen LogP contribution is 2.47. The number of rotatable bonds is 6. The van der Waals surface area contributed by atoms with Crippen LogP contribution < -0.4 is 10.6 Å². The maximum Gasteiger partial charge on any atom is 0.325 e. The summed E-state index contributed by atoms with van der Waals surface area (Å²) in [4.78, 5) is 35.3. The zero-order chi connectivity index (χ0) is 19.4. The Kier molecular flexibility index (Phi) is 5.49. The lowest BCUT2D eigenvalue weighted by Gasteiger charge is -2.07. The number of ether oxygens (including phenoxy) is 1. The van der Waals surface area contributed by atoms with E-state index in [2.05, 4.69) is 15.4 Å². The Morgan fingerprint density at radius 2 is 1.74 bits per heavy atom. The van der Waals surface area contributed by atoms with Crippen molar-refractivity contribution in [3.63, 3.8) is 0 Å². The molecule has 2 amide bonds. The highest BCUT2D eigenvalue weighted by Gasteiger charge is 2.43. The second-order valence-electron chi connectivity index (χ2n) is 6.33. The Bertz CT molecular complexity index is 849. The first-order valence-electron chi connectivity index (χ1n) is 8.49. The van der Waals surface area contributed by atoms with E-state index in [0.717, 1.165) is 12.0 Å². The quantitative estimate of drug-likeness (QED) is 0.765. The number of halogens is 1. The van der Waals surface area contributed by atoms with E-state index in [1.807, 2.05) is 0 Å². The zero-order valence-corrected chi connectivity index (χ0v) is 14.7. The van der Waals surface area contributed by atoms with Gasteiger partial charge < -0.3 is 15.4 Å². The summed E-state index contributed by atoms with van der Waals surface area (Å²) in [5.41, 5.74) is 1.90. The molecule has 27 heavy (non-hydrogen) atoms. The molecular formula is C20H19FN2O4. The smallest absolute Gasteiger partial charge is 0.325 e. The fourth-order valence-electron chi connectivity index (χ4n) is 2.83. The first-order chi connectivity index (χ1) is 13.0. The van der Waals surface area contributed by atoms with Crippen LogP contribution in [0.15, 0.2) is 48.5 Å². The number of benzene rings is 2. The number of amides is 2. The summed E-state index contributed by atoms with van der Waals surface area (Å²) in [7, 11) is 1.24. The van der Waals surface area contributed by atoms with E-state index in [-0.39, 0.29) is 30.1 Å². The van der Waals surface area contributed by atoms with Crippen LogP contribution in [0.4, 0.5) is 10.1 Å². The molecule has 3 rings (SSSR count). The molecule has 140 valence electrons. The Balaban J connectivity index is 1.52. The van der Waals surface area contributed by atoms with Gasteiger partial charge in [0.15, 0.2) is 0 Å². The Morgan fingerprint density at radius 3 is 2.37 bits per heavy atom. The Hall–Kier alpha value is -3.22. The highest BCUT2D eigenvalue weighted by atomic mass is 19.1. The number of nitrogens with one attached hydrogen (secondary N) is 2. The predicted molar refractivity (Wildman–Crippen MR) is 96.7 cm³/mol. The number of methoxy groups -OCH3 is 1. The third-order valence-corrected chi connectivity index (χ3v) is 4.46. The molecule has 0 radical (unpaired) electrons. The van der Waals surface area contributed by atoms with Crippen molar-refractivity contribution in [2.45, 2.75) is 12.3 Å². The molecule has 2 N–H and O–H groups in total. The minimum Gasteiger partial charge on any atom is -0.468 e.